The standard InChI is InChI=1S/C13H15F3N2O2/c14-13(15,16)10-2-1-3-11(8-10)17-9-12(19)18-4-6-20-7-5-18/h1-3,8,17H,4-7,9H2. The summed E-state index contributed by atoms with van der Waals surface area (Å²) in [7, 11) is 0. The highest BCUT2D eigenvalue weighted by Gasteiger charge is 2.30. The predicted octanol–water partition coefficient (Wildman–Crippen LogP) is 1.98. The lowest BCUT2D eigenvalue weighted by atomic mass is 10.2. The van der Waals surface area contributed by atoms with Crippen LogP contribution in [0.4, 0.5) is 18.9 Å². The van der Waals surface area contributed by atoms with Crippen molar-refractivity contribution in [1.29, 1.82) is 0 Å². The third-order valence-electron chi connectivity index (χ3n) is 3.00. The monoisotopic (exact) mass is 288 g/mol. The number of benzene rings is 1. The molecule has 0 unspecified atom stereocenters. The van der Waals surface area contributed by atoms with E-state index in [2.05, 4.69) is 5.32 Å². The van der Waals surface area contributed by atoms with Gasteiger partial charge >= 0.3 is 6.18 Å². The summed E-state index contributed by atoms with van der Waals surface area (Å²) in [5.41, 5.74) is -0.456. The van der Waals surface area contributed by atoms with Crippen molar-refractivity contribution in [2.45, 2.75) is 6.18 Å². The fourth-order valence-electron chi connectivity index (χ4n) is 1.91. The minimum absolute atomic E-state index is 0.0265. The number of carbonyl (C=O) groups excluding carboxylic acids is 1. The summed E-state index contributed by atoms with van der Waals surface area (Å²) >= 11 is 0. The Morgan fingerprint density at radius 1 is 1.30 bits per heavy atom. The van der Waals surface area contributed by atoms with Crippen molar-refractivity contribution in [3.63, 3.8) is 0 Å². The Morgan fingerprint density at radius 2 is 2.00 bits per heavy atom. The average Bonchev–Trinajstić information content (AvgIpc) is 2.45. The highest BCUT2D eigenvalue weighted by Crippen LogP contribution is 2.30. The fourth-order valence-corrected chi connectivity index (χ4v) is 1.91. The summed E-state index contributed by atoms with van der Waals surface area (Å²) in [5.74, 6) is -0.147. The third kappa shape index (κ3) is 3.86. The number of hydrogen-bond acceptors (Lipinski definition) is 3. The van der Waals surface area contributed by atoms with E-state index >= 15 is 0 Å². The Morgan fingerprint density at radius 3 is 2.65 bits per heavy atom. The summed E-state index contributed by atoms with van der Waals surface area (Å²) in [6.07, 6.45) is -4.38. The SMILES string of the molecule is O=C(CNc1cccc(C(F)(F)F)c1)N1CCOCC1. The molecule has 2 rings (SSSR count). The van der Waals surface area contributed by atoms with E-state index < -0.39 is 11.7 Å². The van der Waals surface area contributed by atoms with Gasteiger partial charge in [0.1, 0.15) is 0 Å². The first-order chi connectivity index (χ1) is 9.47. The zero-order chi connectivity index (χ0) is 14.6. The molecule has 1 amide bonds. The lowest BCUT2D eigenvalue weighted by molar-refractivity contribution is -0.137. The van der Waals surface area contributed by atoms with Crippen LogP contribution in [0.5, 0.6) is 0 Å². The molecule has 0 aromatic heterocycles. The molecule has 0 spiro atoms. The van der Waals surface area contributed by atoms with Crippen LogP contribution >= 0.6 is 0 Å². The second-order valence-corrected chi connectivity index (χ2v) is 4.43. The molecule has 4 nitrogen and oxygen atoms in total. The van der Waals surface area contributed by atoms with Crippen molar-refractivity contribution in [2.24, 2.45) is 0 Å². The summed E-state index contributed by atoms with van der Waals surface area (Å²) in [6, 6.07) is 4.80. The minimum Gasteiger partial charge on any atom is -0.378 e. The van der Waals surface area contributed by atoms with Crippen molar-refractivity contribution in [3.05, 3.63) is 29.8 Å². The molecular weight excluding hydrogens is 273 g/mol. The van der Waals surface area contributed by atoms with Gasteiger partial charge in [-0.25, -0.2) is 0 Å². The Hall–Kier alpha value is -1.76. The summed E-state index contributed by atoms with van der Waals surface area (Å²) in [6.45, 7) is 2.00. The van der Waals surface area contributed by atoms with Crippen LogP contribution in [0, 0.1) is 0 Å². The van der Waals surface area contributed by atoms with E-state index in [4.69, 9.17) is 4.74 Å². The van der Waals surface area contributed by atoms with Gasteiger partial charge in [-0.3, -0.25) is 4.79 Å². The molecule has 1 heterocycles. The molecule has 0 saturated carbocycles. The highest BCUT2D eigenvalue weighted by atomic mass is 19.4. The number of ether oxygens (including phenoxy) is 1. The number of amides is 1. The van der Waals surface area contributed by atoms with Crippen LogP contribution in [0.3, 0.4) is 0 Å². The van der Waals surface area contributed by atoms with Crippen LogP contribution < -0.4 is 5.32 Å². The summed E-state index contributed by atoms with van der Waals surface area (Å²) in [4.78, 5) is 13.5. The van der Waals surface area contributed by atoms with Crippen molar-refractivity contribution in [1.82, 2.24) is 4.90 Å². The number of alkyl halides is 3. The molecule has 1 aromatic carbocycles. The fraction of sp³-hybridized carbons (Fsp3) is 0.462. The molecule has 1 aliphatic heterocycles. The first-order valence-electron chi connectivity index (χ1n) is 6.23. The molecule has 20 heavy (non-hydrogen) atoms. The quantitative estimate of drug-likeness (QED) is 0.924. The Kier molecular flexibility index (Phi) is 4.49. The van der Waals surface area contributed by atoms with E-state index in [1.165, 1.54) is 12.1 Å². The Balaban J connectivity index is 1.92. The molecule has 0 atom stereocenters. The van der Waals surface area contributed by atoms with Crippen molar-refractivity contribution in [3.8, 4) is 0 Å². The maximum Gasteiger partial charge on any atom is 0.416 e. The molecule has 7 heteroatoms. The smallest absolute Gasteiger partial charge is 0.378 e. The van der Waals surface area contributed by atoms with Gasteiger partial charge in [-0.15, -0.1) is 0 Å². The number of rotatable bonds is 3. The van der Waals surface area contributed by atoms with E-state index in [1.807, 2.05) is 0 Å². The van der Waals surface area contributed by atoms with Gasteiger partial charge in [0, 0.05) is 18.8 Å². The first kappa shape index (κ1) is 14.6. The molecular formula is C13H15F3N2O2. The lowest BCUT2D eigenvalue weighted by Crippen LogP contribution is -2.43. The van der Waals surface area contributed by atoms with Gasteiger partial charge in [-0.2, -0.15) is 13.2 Å². The Labute approximate surface area is 114 Å². The normalized spacial score (nSPS) is 16.1. The third-order valence-corrected chi connectivity index (χ3v) is 3.00. The molecule has 1 aliphatic rings. The van der Waals surface area contributed by atoms with Gasteiger partial charge in [0.2, 0.25) is 5.91 Å². The molecule has 1 aromatic rings. The largest absolute Gasteiger partial charge is 0.416 e. The zero-order valence-electron chi connectivity index (χ0n) is 10.7. The second-order valence-electron chi connectivity index (χ2n) is 4.43. The maximum absolute atomic E-state index is 12.5. The van der Waals surface area contributed by atoms with E-state index in [-0.39, 0.29) is 18.1 Å². The van der Waals surface area contributed by atoms with Gasteiger partial charge in [0.05, 0.1) is 25.3 Å². The van der Waals surface area contributed by atoms with E-state index in [0.29, 0.717) is 26.3 Å². The van der Waals surface area contributed by atoms with Crippen molar-refractivity contribution in [2.75, 3.05) is 38.2 Å². The molecule has 0 aliphatic carbocycles. The molecule has 0 radical (unpaired) electrons. The predicted molar refractivity (Wildman–Crippen MR) is 67.3 cm³/mol. The van der Waals surface area contributed by atoms with Gasteiger partial charge in [0.15, 0.2) is 0 Å². The van der Waals surface area contributed by atoms with Crippen LogP contribution in [-0.2, 0) is 15.7 Å². The van der Waals surface area contributed by atoms with Crippen LogP contribution in [0.25, 0.3) is 0 Å². The van der Waals surface area contributed by atoms with Crippen molar-refractivity contribution < 1.29 is 22.7 Å². The molecule has 1 N–H and O–H groups in total. The number of nitrogens with one attached hydrogen (secondary N) is 1. The number of hydrogen-bond donors (Lipinski definition) is 1. The number of morpholine rings is 1. The van der Waals surface area contributed by atoms with Crippen LogP contribution in [-0.4, -0.2) is 43.7 Å². The molecule has 0 bridgehead atoms. The first-order valence-corrected chi connectivity index (χ1v) is 6.23. The topological polar surface area (TPSA) is 41.6 Å². The molecule has 110 valence electrons. The van der Waals surface area contributed by atoms with Gasteiger partial charge in [-0.1, -0.05) is 6.07 Å². The molecule has 1 fully saturated rings. The number of halogens is 3. The number of nitrogens with zero attached hydrogens (tertiary/aromatic N) is 1. The maximum atomic E-state index is 12.5. The second kappa shape index (κ2) is 6.13. The van der Waals surface area contributed by atoms with Gasteiger partial charge in [0.25, 0.3) is 0 Å². The summed E-state index contributed by atoms with van der Waals surface area (Å²) < 4.78 is 42.7. The van der Waals surface area contributed by atoms with Gasteiger partial charge < -0.3 is 15.0 Å². The number of carbonyl (C=O) groups is 1. The van der Waals surface area contributed by atoms with E-state index in [0.717, 1.165) is 12.1 Å². The zero-order valence-corrected chi connectivity index (χ0v) is 10.7. The highest BCUT2D eigenvalue weighted by molar-refractivity contribution is 5.81. The average molecular weight is 288 g/mol. The number of anilines is 1. The van der Waals surface area contributed by atoms with E-state index in [9.17, 15) is 18.0 Å². The van der Waals surface area contributed by atoms with E-state index in [1.54, 1.807) is 4.90 Å². The van der Waals surface area contributed by atoms with Crippen molar-refractivity contribution >= 4 is 11.6 Å². The summed E-state index contributed by atoms with van der Waals surface area (Å²) in [5, 5.41) is 2.72. The van der Waals surface area contributed by atoms with Crippen LogP contribution in [0.2, 0.25) is 0 Å². The Bertz CT molecular complexity index is 471. The van der Waals surface area contributed by atoms with Crippen LogP contribution in [0.1, 0.15) is 5.56 Å². The minimum atomic E-state index is -4.38. The van der Waals surface area contributed by atoms with Gasteiger partial charge in [-0.05, 0) is 18.2 Å². The lowest BCUT2D eigenvalue weighted by Gasteiger charge is -2.27. The molecule has 1 saturated heterocycles. The van der Waals surface area contributed by atoms with Crippen LogP contribution in [0.15, 0.2) is 24.3 Å².